The minimum absolute atomic E-state index is 0.160. The average Bonchev–Trinajstić information content (AvgIpc) is 3.65. The van der Waals surface area contributed by atoms with Crippen LogP contribution in [0.5, 0.6) is 11.5 Å². The highest BCUT2D eigenvalue weighted by Gasteiger charge is 2.35. The lowest BCUT2D eigenvalue weighted by Crippen LogP contribution is -2.40. The number of esters is 1. The van der Waals surface area contributed by atoms with Gasteiger partial charge in [-0.1, -0.05) is 69.7 Å². The molecule has 0 amide bonds. The Morgan fingerprint density at radius 1 is 0.957 bits per heavy atom. The molecule has 0 aliphatic carbocycles. The van der Waals surface area contributed by atoms with Crippen LogP contribution in [0.2, 0.25) is 0 Å². The number of benzene rings is 3. The van der Waals surface area contributed by atoms with Gasteiger partial charge in [-0.2, -0.15) is 0 Å². The van der Waals surface area contributed by atoms with Crippen molar-refractivity contribution in [2.75, 3.05) is 19.8 Å². The molecule has 3 aromatic carbocycles. The third kappa shape index (κ3) is 6.48. The summed E-state index contributed by atoms with van der Waals surface area (Å²) in [6.07, 6.45) is 1.71. The highest BCUT2D eigenvalue weighted by atomic mass is 79.9. The van der Waals surface area contributed by atoms with Crippen LogP contribution >= 0.6 is 27.3 Å². The molecular weight excluding hydrogens is 680 g/mol. The van der Waals surface area contributed by atoms with Crippen molar-refractivity contribution in [3.05, 3.63) is 131 Å². The van der Waals surface area contributed by atoms with E-state index in [0.717, 1.165) is 21.2 Å². The summed E-state index contributed by atoms with van der Waals surface area (Å²) in [4.78, 5) is 33.5. The Morgan fingerprint density at radius 3 is 2.45 bits per heavy atom. The second-order valence-electron chi connectivity index (χ2n) is 10.7. The SMILES string of the molecule is CCOC(=O)C1=C(c2ccccc2)N=c2s/c(=C/c3ccc(-c4ccc(C)cc4Br)o3)c(=O)n2[C@@H]1c1ccc(OCC)c(OCC)c1. The van der Waals surface area contributed by atoms with Crippen molar-refractivity contribution in [3.8, 4) is 22.8 Å². The van der Waals surface area contributed by atoms with Crippen molar-refractivity contribution in [2.24, 2.45) is 4.99 Å². The molecule has 10 heteroatoms. The van der Waals surface area contributed by atoms with Crippen LogP contribution < -0.4 is 24.4 Å². The first-order valence-corrected chi connectivity index (χ1v) is 17.0. The summed E-state index contributed by atoms with van der Waals surface area (Å²) in [6.45, 7) is 8.59. The number of hydrogen-bond donors (Lipinski definition) is 0. The van der Waals surface area contributed by atoms with Crippen molar-refractivity contribution < 1.29 is 23.4 Å². The van der Waals surface area contributed by atoms with Crippen LogP contribution in [0.25, 0.3) is 23.1 Å². The molecule has 1 atom stereocenters. The largest absolute Gasteiger partial charge is 0.490 e. The van der Waals surface area contributed by atoms with E-state index < -0.39 is 12.0 Å². The number of thiazole rings is 1. The number of rotatable bonds is 10. The van der Waals surface area contributed by atoms with Crippen LogP contribution in [0.1, 0.15) is 49.3 Å². The maximum atomic E-state index is 14.3. The van der Waals surface area contributed by atoms with E-state index in [0.29, 0.717) is 56.8 Å². The molecule has 6 rings (SSSR count). The highest BCUT2D eigenvalue weighted by Crippen LogP contribution is 2.39. The molecule has 0 radical (unpaired) electrons. The fraction of sp³-hybridized carbons (Fsp3) is 0.216. The van der Waals surface area contributed by atoms with Gasteiger partial charge in [0.1, 0.15) is 11.5 Å². The minimum atomic E-state index is -0.854. The summed E-state index contributed by atoms with van der Waals surface area (Å²) in [5, 5.41) is 0. The van der Waals surface area contributed by atoms with Gasteiger partial charge in [-0.15, -0.1) is 0 Å². The third-order valence-corrected chi connectivity index (χ3v) is 9.19. The van der Waals surface area contributed by atoms with Gasteiger partial charge in [0, 0.05) is 21.7 Å². The number of nitrogens with zero attached hydrogens (tertiary/aromatic N) is 2. The van der Waals surface area contributed by atoms with Gasteiger partial charge in [-0.3, -0.25) is 9.36 Å². The molecule has 8 nitrogen and oxygen atoms in total. The number of carbonyl (C=O) groups is 1. The second kappa shape index (κ2) is 14.0. The van der Waals surface area contributed by atoms with Crippen molar-refractivity contribution in [1.82, 2.24) is 4.57 Å². The first-order chi connectivity index (χ1) is 22.8. The zero-order valence-corrected chi connectivity index (χ0v) is 28.8. The molecule has 1 aliphatic heterocycles. The Hall–Kier alpha value is -4.67. The van der Waals surface area contributed by atoms with Crippen LogP contribution in [0.3, 0.4) is 0 Å². The summed E-state index contributed by atoms with van der Waals surface area (Å²) in [7, 11) is 0. The molecule has 240 valence electrons. The van der Waals surface area contributed by atoms with Gasteiger partial charge < -0.3 is 18.6 Å². The average molecular weight is 714 g/mol. The van der Waals surface area contributed by atoms with Crippen LogP contribution in [0.15, 0.2) is 103 Å². The zero-order valence-electron chi connectivity index (χ0n) is 26.4. The van der Waals surface area contributed by atoms with Gasteiger partial charge >= 0.3 is 5.97 Å². The van der Waals surface area contributed by atoms with E-state index in [1.165, 1.54) is 11.3 Å². The molecule has 0 bridgehead atoms. The molecule has 1 aliphatic rings. The lowest BCUT2D eigenvalue weighted by atomic mass is 9.93. The monoisotopic (exact) mass is 712 g/mol. The number of fused-ring (bicyclic) bond motifs is 1. The van der Waals surface area contributed by atoms with Gasteiger partial charge in [0.05, 0.1) is 41.7 Å². The summed E-state index contributed by atoms with van der Waals surface area (Å²) >= 11 is 4.86. The topological polar surface area (TPSA) is 92.3 Å². The molecule has 0 spiro atoms. The lowest BCUT2D eigenvalue weighted by molar-refractivity contribution is -0.138. The molecule has 0 unspecified atom stereocenters. The summed E-state index contributed by atoms with van der Waals surface area (Å²) in [6, 6.07) is 23.8. The van der Waals surface area contributed by atoms with E-state index in [1.54, 1.807) is 23.6 Å². The molecule has 3 heterocycles. The maximum Gasteiger partial charge on any atom is 0.338 e. The van der Waals surface area contributed by atoms with Crippen LogP contribution in [-0.4, -0.2) is 30.4 Å². The Balaban J connectivity index is 1.57. The number of ether oxygens (including phenoxy) is 3. The minimum Gasteiger partial charge on any atom is -0.490 e. The van der Waals surface area contributed by atoms with E-state index >= 15 is 0 Å². The Bertz CT molecular complexity index is 2160. The number of aryl methyl sites for hydroxylation is 1. The van der Waals surface area contributed by atoms with Gasteiger partial charge in [0.2, 0.25) is 0 Å². The fourth-order valence-electron chi connectivity index (χ4n) is 5.52. The smallest absolute Gasteiger partial charge is 0.338 e. The normalized spacial score (nSPS) is 14.5. The Kier molecular flexibility index (Phi) is 9.60. The van der Waals surface area contributed by atoms with Gasteiger partial charge in [-0.25, -0.2) is 9.79 Å². The fourth-order valence-corrected chi connectivity index (χ4v) is 7.19. The lowest BCUT2D eigenvalue weighted by Gasteiger charge is -2.26. The second-order valence-corrected chi connectivity index (χ2v) is 12.6. The molecule has 0 saturated heterocycles. The number of carbonyl (C=O) groups excluding carboxylic acids is 1. The van der Waals surface area contributed by atoms with Crippen LogP contribution in [0, 0.1) is 6.92 Å². The third-order valence-electron chi connectivity index (χ3n) is 7.55. The summed E-state index contributed by atoms with van der Waals surface area (Å²) in [5.41, 5.74) is 3.80. The van der Waals surface area contributed by atoms with Gasteiger partial charge in [-0.05, 0) is 75.2 Å². The predicted octanol–water partition coefficient (Wildman–Crippen LogP) is 7.06. The predicted molar refractivity (Wildman–Crippen MR) is 186 cm³/mol. The Morgan fingerprint density at radius 2 is 1.72 bits per heavy atom. The summed E-state index contributed by atoms with van der Waals surface area (Å²) < 4.78 is 26.4. The molecule has 47 heavy (non-hydrogen) atoms. The van der Waals surface area contributed by atoms with Crippen molar-refractivity contribution in [3.63, 3.8) is 0 Å². The number of aromatic nitrogens is 1. The van der Waals surface area contributed by atoms with Crippen LogP contribution in [0.4, 0.5) is 0 Å². The number of furan rings is 1. The van der Waals surface area contributed by atoms with Crippen molar-refractivity contribution >= 4 is 45.0 Å². The summed E-state index contributed by atoms with van der Waals surface area (Å²) in [5.74, 6) is 1.72. The molecule has 2 aromatic heterocycles. The number of hydrogen-bond acceptors (Lipinski definition) is 8. The van der Waals surface area contributed by atoms with Crippen molar-refractivity contribution in [2.45, 2.75) is 33.7 Å². The molecule has 0 saturated carbocycles. The van der Waals surface area contributed by atoms with E-state index in [2.05, 4.69) is 15.9 Å². The zero-order chi connectivity index (χ0) is 33.1. The first-order valence-electron chi connectivity index (χ1n) is 15.4. The highest BCUT2D eigenvalue weighted by molar-refractivity contribution is 9.10. The standard InChI is InChI=1S/C37H33BrN2O6S/c1-5-43-29-17-14-24(20-30(29)44-6-2)34-32(36(42)45-7-3)33(23-11-9-8-10-12-23)39-37-40(34)35(41)31(47-37)21-25-15-18-28(46-25)26-16-13-22(4)19-27(26)38/h8-21,34H,5-7H2,1-4H3/b31-21+/t34-/m1/s1. The maximum absolute atomic E-state index is 14.3. The van der Waals surface area contributed by atoms with E-state index in [-0.39, 0.29) is 17.7 Å². The van der Waals surface area contributed by atoms with E-state index in [4.69, 9.17) is 23.6 Å². The van der Waals surface area contributed by atoms with E-state index in [9.17, 15) is 9.59 Å². The van der Waals surface area contributed by atoms with E-state index in [1.807, 2.05) is 93.6 Å². The Labute approximate surface area is 284 Å². The number of halogens is 1. The van der Waals surface area contributed by atoms with Gasteiger partial charge in [0.25, 0.3) is 5.56 Å². The molecule has 5 aromatic rings. The molecule has 0 N–H and O–H groups in total. The molecule has 0 fully saturated rings. The van der Waals surface area contributed by atoms with Crippen molar-refractivity contribution in [1.29, 1.82) is 0 Å². The quantitative estimate of drug-likeness (QED) is 0.144. The van der Waals surface area contributed by atoms with Crippen LogP contribution in [-0.2, 0) is 9.53 Å². The first kappa shape index (κ1) is 32.3. The van der Waals surface area contributed by atoms with Gasteiger partial charge in [0.15, 0.2) is 16.3 Å². The molecular formula is C37H33BrN2O6S.